The van der Waals surface area contributed by atoms with E-state index in [2.05, 4.69) is 0 Å². The molecule has 0 bridgehead atoms. The van der Waals surface area contributed by atoms with Gasteiger partial charge in [0.25, 0.3) is 0 Å². The molecule has 0 N–H and O–H groups in total. The Balaban J connectivity index is 0.000000315. The van der Waals surface area contributed by atoms with Crippen LogP contribution in [0.1, 0.15) is 79.3 Å². The van der Waals surface area contributed by atoms with Gasteiger partial charge in [-0.05, 0) is 80.1 Å². The summed E-state index contributed by atoms with van der Waals surface area (Å²) >= 11 is 0. The number of ether oxygens (including phenoxy) is 4. The lowest BCUT2D eigenvalue weighted by Gasteiger charge is -2.06. The summed E-state index contributed by atoms with van der Waals surface area (Å²) in [5.41, 5.74) is 3.03. The van der Waals surface area contributed by atoms with E-state index in [9.17, 15) is 31.9 Å². The zero-order chi connectivity index (χ0) is 43.8. The van der Waals surface area contributed by atoms with Gasteiger partial charge in [-0.25, -0.2) is 31.9 Å². The number of benzene rings is 6. The number of esters is 3. The van der Waals surface area contributed by atoms with Crippen LogP contribution in [0.25, 0.3) is 0 Å². The van der Waals surface area contributed by atoms with E-state index in [0.717, 1.165) is 41.0 Å². The summed E-state index contributed by atoms with van der Waals surface area (Å²) in [7, 11) is 1.58. The third-order valence-electron chi connectivity index (χ3n) is 7.96. The second kappa shape index (κ2) is 24.1. The minimum Gasteiger partial charge on any atom is -0.423 e. The fraction of sp³-hybridized carbons (Fsp3) is 0.125. The van der Waals surface area contributed by atoms with Crippen molar-refractivity contribution in [3.05, 3.63) is 195 Å². The van der Waals surface area contributed by atoms with Crippen molar-refractivity contribution in [2.45, 2.75) is 35.3 Å². The highest BCUT2D eigenvalue weighted by atomic mass is 19.1. The Morgan fingerprint density at radius 2 is 0.823 bits per heavy atom. The molecule has 0 unspecified atom stereocenters. The molecular formula is C48H39F4N3O7. The van der Waals surface area contributed by atoms with Gasteiger partial charge in [0, 0.05) is 31.4 Å². The van der Waals surface area contributed by atoms with Gasteiger partial charge in [0.05, 0.1) is 34.4 Å². The summed E-state index contributed by atoms with van der Waals surface area (Å²) in [6.45, 7) is 4.22. The number of carbonyl (C=O) groups is 3. The van der Waals surface area contributed by atoms with Crippen molar-refractivity contribution in [1.82, 2.24) is 0 Å². The summed E-state index contributed by atoms with van der Waals surface area (Å²) < 4.78 is 73.4. The van der Waals surface area contributed by atoms with E-state index < -0.39 is 46.7 Å². The fourth-order valence-electron chi connectivity index (χ4n) is 4.80. The number of rotatable bonds is 8. The van der Waals surface area contributed by atoms with E-state index in [1.165, 1.54) is 30.3 Å². The van der Waals surface area contributed by atoms with Crippen LogP contribution in [0.5, 0.6) is 17.2 Å². The van der Waals surface area contributed by atoms with E-state index in [1.54, 1.807) is 92.0 Å². The number of halogens is 4. The molecule has 0 saturated heterocycles. The average molecular weight is 846 g/mol. The molecule has 316 valence electrons. The van der Waals surface area contributed by atoms with Gasteiger partial charge in [-0.3, -0.25) is 0 Å². The number of hydrogen-bond donors (Lipinski definition) is 0. The molecule has 0 amide bonds. The first-order valence-corrected chi connectivity index (χ1v) is 17.4. The molecule has 10 nitrogen and oxygen atoms in total. The summed E-state index contributed by atoms with van der Waals surface area (Å²) in [5, 5.41) is 25.8. The first kappa shape index (κ1) is 50.0. The molecule has 0 saturated carbocycles. The second-order valence-corrected chi connectivity index (χ2v) is 12.4. The third kappa shape index (κ3) is 14.3. The summed E-state index contributed by atoms with van der Waals surface area (Å²) in [6.07, 6.45) is 0. The van der Waals surface area contributed by atoms with Gasteiger partial charge < -0.3 is 18.9 Å². The Kier molecular flexibility index (Phi) is 19.4. The monoisotopic (exact) mass is 845 g/mol. The number of methoxy groups -OCH3 is 1. The first-order chi connectivity index (χ1) is 28.7. The van der Waals surface area contributed by atoms with Crippen molar-refractivity contribution >= 4 is 17.9 Å². The smallest absolute Gasteiger partial charge is 0.343 e. The fourth-order valence-corrected chi connectivity index (χ4v) is 4.80. The van der Waals surface area contributed by atoms with Crippen molar-refractivity contribution in [2.24, 2.45) is 0 Å². The van der Waals surface area contributed by atoms with E-state index in [4.69, 9.17) is 34.7 Å². The van der Waals surface area contributed by atoms with Gasteiger partial charge in [0.1, 0.15) is 64.3 Å². The number of aryl methyl sites for hydroxylation is 2. The Bertz CT molecular complexity index is 2610. The van der Waals surface area contributed by atoms with Crippen LogP contribution < -0.4 is 14.2 Å². The predicted octanol–water partition coefficient (Wildman–Crippen LogP) is 10.9. The molecule has 0 spiro atoms. The Morgan fingerprint density at radius 1 is 0.484 bits per heavy atom. The normalized spacial score (nSPS) is 9.55. The predicted molar refractivity (Wildman–Crippen MR) is 221 cm³/mol. The van der Waals surface area contributed by atoms with E-state index in [-0.39, 0.29) is 48.8 Å². The standard InChI is InChI=1S/C16H12FNO3.C15H9F2NO2.C15H10FNO2.2CH4/c1-20-10-11-2-4-12(5-3-11)16(19)21-14-7-6-13(9-18)15(17)8-14;1-9-2-4-10(5-3-9)15(19)20-11-6-13(16)12(8-18)14(17)7-11;1-10-2-4-11(5-3-10)15(18)19-13-7-6-12(9-17)14(16)8-13;;/h2-8H,10H2,1H3;2-7H,1H3;2-8H,1H3;2*1H4. The first-order valence-electron chi connectivity index (χ1n) is 17.4. The molecule has 0 fully saturated rings. The SMILES string of the molecule is C.C.COCc1ccc(C(=O)Oc2ccc(C#N)c(F)c2)cc1.Cc1ccc(C(=O)Oc2cc(F)c(C#N)c(F)c2)cc1.Cc1ccc(C(=O)Oc2ccc(C#N)c(F)c2)cc1. The van der Waals surface area contributed by atoms with Crippen LogP contribution in [-0.2, 0) is 11.3 Å². The molecule has 6 aromatic rings. The van der Waals surface area contributed by atoms with Gasteiger partial charge in [-0.2, -0.15) is 15.8 Å². The topological polar surface area (TPSA) is 159 Å². The van der Waals surface area contributed by atoms with E-state index in [1.807, 2.05) is 13.8 Å². The lowest BCUT2D eigenvalue weighted by Crippen LogP contribution is -2.09. The van der Waals surface area contributed by atoms with Gasteiger partial charge >= 0.3 is 17.9 Å². The highest BCUT2D eigenvalue weighted by molar-refractivity contribution is 5.92. The Morgan fingerprint density at radius 3 is 1.15 bits per heavy atom. The molecule has 0 aliphatic heterocycles. The molecular weight excluding hydrogens is 807 g/mol. The highest BCUT2D eigenvalue weighted by Gasteiger charge is 2.15. The lowest BCUT2D eigenvalue weighted by molar-refractivity contribution is 0.0724. The molecule has 0 heterocycles. The van der Waals surface area contributed by atoms with Crippen molar-refractivity contribution < 1.29 is 50.9 Å². The lowest BCUT2D eigenvalue weighted by atomic mass is 10.1. The summed E-state index contributed by atoms with van der Waals surface area (Å²) in [4.78, 5) is 35.5. The van der Waals surface area contributed by atoms with Crippen molar-refractivity contribution in [1.29, 1.82) is 15.8 Å². The number of nitrogens with zero attached hydrogens (tertiary/aromatic N) is 3. The molecule has 0 aromatic heterocycles. The van der Waals surface area contributed by atoms with E-state index >= 15 is 0 Å². The van der Waals surface area contributed by atoms with Crippen molar-refractivity contribution in [3.8, 4) is 35.5 Å². The van der Waals surface area contributed by atoms with Crippen LogP contribution in [0.4, 0.5) is 17.6 Å². The maximum absolute atomic E-state index is 13.4. The minimum absolute atomic E-state index is 0. The largest absolute Gasteiger partial charge is 0.423 e. The maximum Gasteiger partial charge on any atom is 0.343 e. The van der Waals surface area contributed by atoms with Gasteiger partial charge in [0.15, 0.2) is 0 Å². The molecule has 14 heteroatoms. The molecule has 6 rings (SSSR count). The van der Waals surface area contributed by atoms with Gasteiger partial charge in [-0.15, -0.1) is 0 Å². The summed E-state index contributed by atoms with van der Waals surface area (Å²) in [6, 6.07) is 33.8. The average Bonchev–Trinajstić information content (AvgIpc) is 3.22. The molecule has 6 aromatic carbocycles. The molecule has 0 atom stereocenters. The molecule has 62 heavy (non-hydrogen) atoms. The minimum atomic E-state index is -1.07. The number of nitriles is 3. The third-order valence-corrected chi connectivity index (χ3v) is 7.96. The van der Waals surface area contributed by atoms with Crippen LogP contribution >= 0.6 is 0 Å². The zero-order valence-corrected chi connectivity index (χ0v) is 32.0. The van der Waals surface area contributed by atoms with E-state index in [0.29, 0.717) is 17.7 Å². The van der Waals surface area contributed by atoms with Gasteiger partial charge in [0.2, 0.25) is 0 Å². The number of carbonyl (C=O) groups excluding carboxylic acids is 3. The highest BCUT2D eigenvalue weighted by Crippen LogP contribution is 2.22. The second-order valence-electron chi connectivity index (χ2n) is 12.4. The Hall–Kier alpha value is -8.12. The van der Waals surface area contributed by atoms with Gasteiger partial charge in [-0.1, -0.05) is 62.4 Å². The van der Waals surface area contributed by atoms with Crippen LogP contribution in [0.3, 0.4) is 0 Å². The van der Waals surface area contributed by atoms with Crippen LogP contribution in [0, 0.1) is 71.1 Å². The molecule has 0 aliphatic carbocycles. The quantitative estimate of drug-likeness (QED) is 0.0819. The van der Waals surface area contributed by atoms with Crippen LogP contribution in [0.2, 0.25) is 0 Å². The molecule has 0 radical (unpaired) electrons. The van der Waals surface area contributed by atoms with Crippen molar-refractivity contribution in [3.63, 3.8) is 0 Å². The molecule has 0 aliphatic rings. The van der Waals surface area contributed by atoms with Crippen molar-refractivity contribution in [2.75, 3.05) is 7.11 Å². The maximum atomic E-state index is 13.4. The van der Waals surface area contributed by atoms with Crippen LogP contribution in [-0.4, -0.2) is 25.0 Å². The zero-order valence-electron chi connectivity index (χ0n) is 32.0. The van der Waals surface area contributed by atoms with Crippen LogP contribution in [0.15, 0.2) is 121 Å². The number of hydrogen-bond acceptors (Lipinski definition) is 10. The summed E-state index contributed by atoms with van der Waals surface area (Å²) in [5.74, 6) is -5.63. The Labute approximate surface area is 356 Å².